The Bertz CT molecular complexity index is 870. The van der Waals surface area contributed by atoms with Crippen LogP contribution in [0.25, 0.3) is 10.8 Å². The van der Waals surface area contributed by atoms with E-state index in [1.54, 1.807) is 20.8 Å². The number of hydrogen-bond donors (Lipinski definition) is 1. The predicted molar refractivity (Wildman–Crippen MR) is 100 cm³/mol. The Morgan fingerprint density at radius 2 is 1.96 bits per heavy atom. The van der Waals surface area contributed by atoms with Gasteiger partial charge in [-0.15, -0.1) is 0 Å². The number of nitrogens with one attached hydrogen (secondary N) is 1. The molecular weight excluding hydrogens is 350 g/mol. The van der Waals surface area contributed by atoms with Crippen LogP contribution in [-0.2, 0) is 4.74 Å². The predicted octanol–water partition coefficient (Wildman–Crippen LogP) is 3.23. The summed E-state index contributed by atoms with van der Waals surface area (Å²) in [5.41, 5.74) is -0.789. The minimum atomic E-state index is -0.711. The van der Waals surface area contributed by atoms with Crippen molar-refractivity contribution in [3.05, 3.63) is 40.2 Å². The highest BCUT2D eigenvalue weighted by molar-refractivity contribution is 6.08. The van der Waals surface area contributed by atoms with Crippen molar-refractivity contribution in [2.45, 2.75) is 45.3 Å². The van der Waals surface area contributed by atoms with E-state index in [0.717, 1.165) is 25.9 Å². The molecule has 144 valence electrons. The standard InChI is InChI=1S/C19H23N3O5/c1-19(2,3)27-18(23)17-16-13(8-11-21-17)14(22(24)25)4-5-15(16)26-12-6-9-20-10-7-12/h4-5,8,11-12,20H,6-7,9-10H2,1-3H3. The molecule has 0 unspecified atom stereocenters. The lowest BCUT2D eigenvalue weighted by atomic mass is 10.1. The van der Waals surface area contributed by atoms with Crippen LogP contribution in [0, 0.1) is 10.1 Å². The fraction of sp³-hybridized carbons (Fsp3) is 0.474. The van der Waals surface area contributed by atoms with Gasteiger partial charge in [-0.3, -0.25) is 10.1 Å². The second kappa shape index (κ2) is 7.48. The molecule has 0 saturated carbocycles. The molecule has 3 rings (SSSR count). The number of nitro groups is 1. The van der Waals surface area contributed by atoms with Crippen molar-refractivity contribution in [3.63, 3.8) is 0 Å². The fourth-order valence-electron chi connectivity index (χ4n) is 3.08. The van der Waals surface area contributed by atoms with E-state index in [4.69, 9.17) is 9.47 Å². The van der Waals surface area contributed by atoms with Gasteiger partial charge in [-0.05, 0) is 58.8 Å². The zero-order valence-electron chi connectivity index (χ0n) is 15.7. The Labute approximate surface area is 157 Å². The molecule has 2 heterocycles. The van der Waals surface area contributed by atoms with Crippen LogP contribution in [0.2, 0.25) is 0 Å². The van der Waals surface area contributed by atoms with Crippen molar-refractivity contribution < 1.29 is 19.2 Å². The van der Waals surface area contributed by atoms with Crippen LogP contribution < -0.4 is 10.1 Å². The zero-order chi connectivity index (χ0) is 19.6. The number of non-ortho nitro benzene ring substituents is 1. The molecule has 0 bridgehead atoms. The van der Waals surface area contributed by atoms with Gasteiger partial charge in [0.15, 0.2) is 5.69 Å². The molecule has 1 saturated heterocycles. The average molecular weight is 373 g/mol. The number of ether oxygens (including phenoxy) is 2. The molecule has 0 radical (unpaired) electrons. The minimum absolute atomic E-state index is 0.0232. The van der Waals surface area contributed by atoms with Crippen molar-refractivity contribution in [2.24, 2.45) is 0 Å². The number of carbonyl (C=O) groups is 1. The summed E-state index contributed by atoms with van der Waals surface area (Å²) in [5.74, 6) is -0.222. The van der Waals surface area contributed by atoms with Crippen molar-refractivity contribution in [1.82, 2.24) is 10.3 Å². The zero-order valence-corrected chi connectivity index (χ0v) is 15.7. The molecule has 0 amide bonds. The molecule has 0 atom stereocenters. The molecule has 0 spiro atoms. The Hall–Kier alpha value is -2.74. The summed E-state index contributed by atoms with van der Waals surface area (Å²) in [4.78, 5) is 27.8. The van der Waals surface area contributed by atoms with Crippen molar-refractivity contribution in [2.75, 3.05) is 13.1 Å². The lowest BCUT2D eigenvalue weighted by molar-refractivity contribution is -0.383. The number of carbonyl (C=O) groups excluding carboxylic acids is 1. The van der Waals surface area contributed by atoms with Crippen LogP contribution in [0.5, 0.6) is 5.75 Å². The summed E-state index contributed by atoms with van der Waals surface area (Å²) in [6, 6.07) is 4.46. The third-order valence-electron chi connectivity index (χ3n) is 4.23. The van der Waals surface area contributed by atoms with E-state index in [9.17, 15) is 14.9 Å². The van der Waals surface area contributed by atoms with E-state index in [1.807, 2.05) is 0 Å². The van der Waals surface area contributed by atoms with Gasteiger partial charge in [0.2, 0.25) is 0 Å². The molecule has 1 aromatic heterocycles. The Morgan fingerprint density at radius 1 is 1.26 bits per heavy atom. The first kappa shape index (κ1) is 19.0. The summed E-state index contributed by atoms with van der Waals surface area (Å²) in [6.07, 6.45) is 2.99. The maximum Gasteiger partial charge on any atom is 0.358 e. The number of piperidine rings is 1. The van der Waals surface area contributed by atoms with Gasteiger partial charge < -0.3 is 14.8 Å². The SMILES string of the molecule is CC(C)(C)OC(=O)c1nccc2c([N+](=O)[O-])ccc(OC3CCNCC3)c12. The number of esters is 1. The van der Waals surface area contributed by atoms with Gasteiger partial charge in [-0.2, -0.15) is 0 Å². The van der Waals surface area contributed by atoms with Crippen LogP contribution in [0.1, 0.15) is 44.1 Å². The number of nitrogens with zero attached hydrogens (tertiary/aromatic N) is 2. The summed E-state index contributed by atoms with van der Waals surface area (Å²) >= 11 is 0. The van der Waals surface area contributed by atoms with E-state index in [2.05, 4.69) is 10.3 Å². The molecule has 2 aromatic rings. The van der Waals surface area contributed by atoms with Crippen LogP contribution in [0.3, 0.4) is 0 Å². The molecule has 1 aliphatic rings. The summed E-state index contributed by atoms with van der Waals surface area (Å²) in [7, 11) is 0. The van der Waals surface area contributed by atoms with Gasteiger partial charge in [0.05, 0.1) is 15.7 Å². The van der Waals surface area contributed by atoms with Gasteiger partial charge >= 0.3 is 5.97 Å². The molecule has 8 heteroatoms. The Balaban J connectivity index is 2.12. The van der Waals surface area contributed by atoms with E-state index in [-0.39, 0.29) is 17.5 Å². The first-order valence-electron chi connectivity index (χ1n) is 8.93. The fourth-order valence-corrected chi connectivity index (χ4v) is 3.08. The monoisotopic (exact) mass is 373 g/mol. The van der Waals surface area contributed by atoms with Gasteiger partial charge in [-0.25, -0.2) is 9.78 Å². The van der Waals surface area contributed by atoms with Gasteiger partial charge in [0, 0.05) is 12.3 Å². The second-order valence-corrected chi connectivity index (χ2v) is 7.49. The van der Waals surface area contributed by atoms with Crippen LogP contribution >= 0.6 is 0 Å². The number of pyridine rings is 1. The summed E-state index contributed by atoms with van der Waals surface area (Å²) < 4.78 is 11.6. The van der Waals surface area contributed by atoms with Crippen molar-refractivity contribution >= 4 is 22.4 Å². The van der Waals surface area contributed by atoms with Crippen molar-refractivity contribution in [1.29, 1.82) is 0 Å². The summed E-state index contributed by atoms with van der Waals surface area (Å²) in [6.45, 7) is 6.94. The van der Waals surface area contributed by atoms with E-state index in [1.165, 1.54) is 24.4 Å². The Kier molecular flexibility index (Phi) is 5.27. The molecule has 27 heavy (non-hydrogen) atoms. The molecule has 1 fully saturated rings. The van der Waals surface area contributed by atoms with Crippen molar-refractivity contribution in [3.8, 4) is 5.75 Å². The number of benzene rings is 1. The maximum atomic E-state index is 12.7. The minimum Gasteiger partial charge on any atom is -0.490 e. The normalized spacial score (nSPS) is 15.5. The molecule has 1 aromatic carbocycles. The first-order chi connectivity index (χ1) is 12.8. The highest BCUT2D eigenvalue weighted by atomic mass is 16.6. The average Bonchev–Trinajstić information content (AvgIpc) is 2.60. The third kappa shape index (κ3) is 4.33. The first-order valence-corrected chi connectivity index (χ1v) is 8.93. The van der Waals surface area contributed by atoms with Crippen LogP contribution in [0.15, 0.2) is 24.4 Å². The Morgan fingerprint density at radius 3 is 2.59 bits per heavy atom. The number of fused-ring (bicyclic) bond motifs is 1. The largest absolute Gasteiger partial charge is 0.490 e. The number of hydrogen-bond acceptors (Lipinski definition) is 7. The molecule has 8 nitrogen and oxygen atoms in total. The quantitative estimate of drug-likeness (QED) is 0.498. The molecule has 1 aliphatic heterocycles. The van der Waals surface area contributed by atoms with Crippen LogP contribution in [-0.4, -0.2) is 40.7 Å². The van der Waals surface area contributed by atoms with Crippen LogP contribution in [0.4, 0.5) is 5.69 Å². The van der Waals surface area contributed by atoms with Gasteiger partial charge in [-0.1, -0.05) is 0 Å². The highest BCUT2D eigenvalue weighted by Gasteiger charge is 2.27. The number of nitro benzene ring substituents is 1. The lowest BCUT2D eigenvalue weighted by Gasteiger charge is -2.25. The number of aromatic nitrogens is 1. The highest BCUT2D eigenvalue weighted by Crippen LogP contribution is 2.36. The third-order valence-corrected chi connectivity index (χ3v) is 4.23. The topological polar surface area (TPSA) is 104 Å². The number of rotatable bonds is 4. The molecule has 0 aliphatic carbocycles. The van der Waals surface area contributed by atoms with Gasteiger partial charge in [0.25, 0.3) is 5.69 Å². The summed E-state index contributed by atoms with van der Waals surface area (Å²) in [5, 5.41) is 15.3. The van der Waals surface area contributed by atoms with E-state index in [0.29, 0.717) is 16.5 Å². The second-order valence-electron chi connectivity index (χ2n) is 7.49. The van der Waals surface area contributed by atoms with E-state index < -0.39 is 16.5 Å². The lowest BCUT2D eigenvalue weighted by Crippen LogP contribution is -2.34. The molecular formula is C19H23N3O5. The molecule has 1 N–H and O–H groups in total. The van der Waals surface area contributed by atoms with Gasteiger partial charge in [0.1, 0.15) is 17.5 Å². The smallest absolute Gasteiger partial charge is 0.358 e. The van der Waals surface area contributed by atoms with E-state index >= 15 is 0 Å². The maximum absolute atomic E-state index is 12.7.